The third kappa shape index (κ3) is 2.54. The molecule has 0 unspecified atom stereocenters. The molecular weight excluding hydrogens is 257 g/mol. The van der Waals surface area contributed by atoms with E-state index in [2.05, 4.69) is 36.1 Å². The fourth-order valence-electron chi connectivity index (χ4n) is 2.94. The third-order valence-electron chi connectivity index (χ3n) is 3.83. The molecule has 2 heterocycles. The van der Waals surface area contributed by atoms with Gasteiger partial charge >= 0.3 is 0 Å². The van der Waals surface area contributed by atoms with Crippen LogP contribution in [0.1, 0.15) is 31.2 Å². The van der Waals surface area contributed by atoms with Crippen LogP contribution in [0, 0.1) is 0 Å². The van der Waals surface area contributed by atoms with Crippen LogP contribution >= 0.6 is 11.3 Å². The molecule has 0 saturated carbocycles. The van der Waals surface area contributed by atoms with Crippen LogP contribution in [-0.2, 0) is 13.0 Å². The highest BCUT2D eigenvalue weighted by Gasteiger charge is 2.30. The summed E-state index contributed by atoms with van der Waals surface area (Å²) < 4.78 is 15.3. The van der Waals surface area contributed by atoms with E-state index < -0.39 is 5.67 Å². The Morgan fingerprint density at radius 1 is 1.37 bits per heavy atom. The molecule has 1 aliphatic rings. The van der Waals surface area contributed by atoms with E-state index in [1.54, 1.807) is 13.8 Å². The summed E-state index contributed by atoms with van der Waals surface area (Å²) in [6, 6.07) is 8.99. The molecule has 1 aromatic heterocycles. The van der Waals surface area contributed by atoms with E-state index in [0.29, 0.717) is 12.6 Å². The van der Waals surface area contributed by atoms with Crippen LogP contribution in [-0.4, -0.2) is 23.2 Å². The zero-order valence-corrected chi connectivity index (χ0v) is 12.6. The number of fused-ring (bicyclic) bond motifs is 3. The summed E-state index contributed by atoms with van der Waals surface area (Å²) in [6.07, 6.45) is 1.05. The van der Waals surface area contributed by atoms with Crippen LogP contribution < -0.4 is 0 Å². The first-order valence-electron chi connectivity index (χ1n) is 6.86. The minimum absolute atomic E-state index is 0.426. The predicted octanol–water partition coefficient (Wildman–Crippen LogP) is 4.40. The van der Waals surface area contributed by atoms with Gasteiger partial charge in [-0.3, -0.25) is 4.90 Å². The molecule has 1 aliphatic heterocycles. The molecule has 2 aromatic rings. The minimum atomic E-state index is -1.13. The first kappa shape index (κ1) is 13.1. The molecule has 102 valence electrons. The molecule has 19 heavy (non-hydrogen) atoms. The van der Waals surface area contributed by atoms with Gasteiger partial charge in [0.1, 0.15) is 5.67 Å². The zero-order valence-electron chi connectivity index (χ0n) is 11.7. The summed E-state index contributed by atoms with van der Waals surface area (Å²) in [5.41, 5.74) is 0.292. The SMILES string of the molecule is C[C@@H]1Cc2sc3ccccc3c2CN1CC(C)(C)F. The van der Waals surface area contributed by atoms with Gasteiger partial charge in [-0.25, -0.2) is 4.39 Å². The molecule has 0 saturated heterocycles. The predicted molar refractivity (Wildman–Crippen MR) is 80.6 cm³/mol. The van der Waals surface area contributed by atoms with Crippen molar-refractivity contribution in [3.05, 3.63) is 34.7 Å². The van der Waals surface area contributed by atoms with Gasteiger partial charge in [0.2, 0.25) is 0 Å². The summed E-state index contributed by atoms with van der Waals surface area (Å²) in [5, 5.41) is 1.36. The van der Waals surface area contributed by atoms with Crippen molar-refractivity contribution in [1.29, 1.82) is 0 Å². The maximum absolute atomic E-state index is 13.9. The third-order valence-corrected chi connectivity index (χ3v) is 5.06. The minimum Gasteiger partial charge on any atom is -0.293 e. The molecule has 1 atom stereocenters. The summed E-state index contributed by atoms with van der Waals surface area (Å²) >= 11 is 1.90. The van der Waals surface area contributed by atoms with Crippen molar-refractivity contribution in [3.8, 4) is 0 Å². The maximum Gasteiger partial charge on any atom is 0.118 e. The lowest BCUT2D eigenvalue weighted by Gasteiger charge is -2.36. The van der Waals surface area contributed by atoms with E-state index >= 15 is 0 Å². The van der Waals surface area contributed by atoms with E-state index in [9.17, 15) is 4.39 Å². The lowest BCUT2D eigenvalue weighted by molar-refractivity contribution is 0.0872. The van der Waals surface area contributed by atoms with Crippen molar-refractivity contribution in [2.45, 2.75) is 45.4 Å². The molecular formula is C16H20FNS. The molecule has 0 spiro atoms. The van der Waals surface area contributed by atoms with Crippen molar-refractivity contribution in [2.75, 3.05) is 6.54 Å². The Morgan fingerprint density at radius 3 is 2.84 bits per heavy atom. The van der Waals surface area contributed by atoms with Crippen LogP contribution in [0.4, 0.5) is 4.39 Å². The molecule has 1 nitrogen and oxygen atoms in total. The molecule has 3 heteroatoms. The van der Waals surface area contributed by atoms with Gasteiger partial charge in [0, 0.05) is 28.7 Å². The number of alkyl halides is 1. The number of hydrogen-bond donors (Lipinski definition) is 0. The molecule has 0 amide bonds. The van der Waals surface area contributed by atoms with Gasteiger partial charge in [0.15, 0.2) is 0 Å². The fourth-order valence-corrected chi connectivity index (χ4v) is 4.27. The van der Waals surface area contributed by atoms with Gasteiger partial charge in [-0.2, -0.15) is 0 Å². The number of thiophene rings is 1. The Labute approximate surface area is 118 Å². The molecule has 3 rings (SSSR count). The Hall–Kier alpha value is -0.930. The topological polar surface area (TPSA) is 3.24 Å². The first-order chi connectivity index (χ1) is 8.94. The fraction of sp³-hybridized carbons (Fsp3) is 0.500. The molecule has 0 fully saturated rings. The molecule has 0 aliphatic carbocycles. The van der Waals surface area contributed by atoms with Crippen LogP contribution in [0.15, 0.2) is 24.3 Å². The number of halogens is 1. The summed E-state index contributed by atoms with van der Waals surface area (Å²) in [6.45, 7) is 6.94. The lowest BCUT2D eigenvalue weighted by Crippen LogP contribution is -2.44. The monoisotopic (exact) mass is 277 g/mol. The van der Waals surface area contributed by atoms with Crippen molar-refractivity contribution in [3.63, 3.8) is 0 Å². The van der Waals surface area contributed by atoms with Crippen LogP contribution in [0.5, 0.6) is 0 Å². The summed E-state index contributed by atoms with van der Waals surface area (Å²) in [7, 11) is 0. The summed E-state index contributed by atoms with van der Waals surface area (Å²) in [4.78, 5) is 3.77. The van der Waals surface area contributed by atoms with E-state index in [1.807, 2.05) is 11.3 Å². The van der Waals surface area contributed by atoms with Gasteiger partial charge in [-0.15, -0.1) is 11.3 Å². The van der Waals surface area contributed by atoms with Gasteiger partial charge in [0.25, 0.3) is 0 Å². The van der Waals surface area contributed by atoms with E-state index in [-0.39, 0.29) is 0 Å². The van der Waals surface area contributed by atoms with E-state index in [0.717, 1.165) is 13.0 Å². The van der Waals surface area contributed by atoms with Gasteiger partial charge < -0.3 is 0 Å². The number of rotatable bonds is 2. The Balaban J connectivity index is 1.97. The van der Waals surface area contributed by atoms with Crippen LogP contribution in [0.3, 0.4) is 0 Å². The molecule has 1 aromatic carbocycles. The quantitative estimate of drug-likeness (QED) is 0.786. The van der Waals surface area contributed by atoms with Crippen molar-refractivity contribution < 1.29 is 4.39 Å². The van der Waals surface area contributed by atoms with Crippen molar-refractivity contribution in [1.82, 2.24) is 4.90 Å². The van der Waals surface area contributed by atoms with E-state index in [1.165, 1.54) is 20.5 Å². The first-order valence-corrected chi connectivity index (χ1v) is 7.68. The average Bonchev–Trinajstić information content (AvgIpc) is 2.65. The van der Waals surface area contributed by atoms with Gasteiger partial charge in [0.05, 0.1) is 0 Å². The summed E-state index contributed by atoms with van der Waals surface area (Å²) in [5.74, 6) is 0. The second kappa shape index (κ2) is 4.57. The highest BCUT2D eigenvalue weighted by molar-refractivity contribution is 7.19. The lowest BCUT2D eigenvalue weighted by atomic mass is 9.98. The number of benzene rings is 1. The number of hydrogen-bond acceptors (Lipinski definition) is 2. The second-order valence-electron chi connectivity index (χ2n) is 6.18. The Bertz CT molecular complexity index is 596. The Kier molecular flexibility index (Phi) is 3.14. The standard InChI is InChI=1S/C16H20FNS/c1-11-8-15-13(9-18(11)10-16(2,3)17)12-6-4-5-7-14(12)19-15/h4-7,11H,8-10H2,1-3H3/t11-/m1/s1. The van der Waals surface area contributed by atoms with Crippen molar-refractivity contribution in [2.24, 2.45) is 0 Å². The van der Waals surface area contributed by atoms with E-state index in [4.69, 9.17) is 0 Å². The largest absolute Gasteiger partial charge is 0.293 e. The van der Waals surface area contributed by atoms with Gasteiger partial charge in [-0.1, -0.05) is 18.2 Å². The number of nitrogens with zero attached hydrogens (tertiary/aromatic N) is 1. The highest BCUT2D eigenvalue weighted by Crippen LogP contribution is 2.37. The zero-order chi connectivity index (χ0) is 13.6. The van der Waals surface area contributed by atoms with Crippen LogP contribution in [0.25, 0.3) is 10.1 Å². The Morgan fingerprint density at radius 2 is 2.11 bits per heavy atom. The molecule has 0 N–H and O–H groups in total. The second-order valence-corrected chi connectivity index (χ2v) is 7.31. The average molecular weight is 277 g/mol. The van der Waals surface area contributed by atoms with Gasteiger partial charge in [-0.05, 0) is 44.2 Å². The van der Waals surface area contributed by atoms with Crippen molar-refractivity contribution >= 4 is 21.4 Å². The normalized spacial score (nSPS) is 20.7. The van der Waals surface area contributed by atoms with Crippen LogP contribution in [0.2, 0.25) is 0 Å². The maximum atomic E-state index is 13.9. The highest BCUT2D eigenvalue weighted by atomic mass is 32.1. The molecule has 0 bridgehead atoms. The molecule has 0 radical (unpaired) electrons. The smallest absolute Gasteiger partial charge is 0.118 e.